The lowest BCUT2D eigenvalue weighted by Crippen LogP contribution is -2.22. The van der Waals surface area contributed by atoms with Crippen LogP contribution in [0.1, 0.15) is 12.8 Å². The van der Waals surface area contributed by atoms with Crippen molar-refractivity contribution in [2.45, 2.75) is 18.9 Å². The van der Waals surface area contributed by atoms with Crippen LogP contribution in [0.3, 0.4) is 0 Å². The molecule has 1 fully saturated rings. The molecule has 0 aliphatic carbocycles. The molecule has 108 valence electrons. The van der Waals surface area contributed by atoms with Gasteiger partial charge in [-0.15, -0.1) is 0 Å². The van der Waals surface area contributed by atoms with Crippen LogP contribution in [-0.4, -0.2) is 25.9 Å². The molecule has 21 heavy (non-hydrogen) atoms. The van der Waals surface area contributed by atoms with Gasteiger partial charge in [0.2, 0.25) is 0 Å². The SMILES string of the molecule is COc1ccccc1-c1ccccc1N=CC1CCCN1. The van der Waals surface area contributed by atoms with Gasteiger partial charge in [-0.25, -0.2) is 0 Å². The zero-order valence-corrected chi connectivity index (χ0v) is 12.3. The molecule has 1 heterocycles. The molecular weight excluding hydrogens is 260 g/mol. The Morgan fingerprint density at radius 2 is 1.86 bits per heavy atom. The van der Waals surface area contributed by atoms with Gasteiger partial charge in [0.05, 0.1) is 12.8 Å². The smallest absolute Gasteiger partial charge is 0.126 e. The van der Waals surface area contributed by atoms with Crippen molar-refractivity contribution in [2.75, 3.05) is 13.7 Å². The van der Waals surface area contributed by atoms with Crippen molar-refractivity contribution in [3.8, 4) is 16.9 Å². The minimum absolute atomic E-state index is 0.399. The number of nitrogens with zero attached hydrogens (tertiary/aromatic N) is 1. The van der Waals surface area contributed by atoms with Crippen LogP contribution >= 0.6 is 0 Å². The lowest BCUT2D eigenvalue weighted by Gasteiger charge is -2.11. The van der Waals surface area contributed by atoms with Crippen LogP contribution < -0.4 is 10.1 Å². The average Bonchev–Trinajstić information content (AvgIpc) is 3.06. The molecule has 1 atom stereocenters. The topological polar surface area (TPSA) is 33.6 Å². The van der Waals surface area contributed by atoms with Crippen molar-refractivity contribution in [3.63, 3.8) is 0 Å². The molecule has 3 nitrogen and oxygen atoms in total. The van der Waals surface area contributed by atoms with Gasteiger partial charge in [0, 0.05) is 23.4 Å². The molecule has 0 radical (unpaired) electrons. The maximum absolute atomic E-state index is 5.47. The molecule has 3 heteroatoms. The lowest BCUT2D eigenvalue weighted by molar-refractivity contribution is 0.416. The molecule has 1 unspecified atom stereocenters. The minimum atomic E-state index is 0.399. The van der Waals surface area contributed by atoms with Gasteiger partial charge in [-0.1, -0.05) is 36.4 Å². The van der Waals surface area contributed by atoms with Crippen LogP contribution in [0.15, 0.2) is 53.5 Å². The van der Waals surface area contributed by atoms with E-state index in [2.05, 4.69) is 17.4 Å². The van der Waals surface area contributed by atoms with Gasteiger partial charge in [-0.3, -0.25) is 4.99 Å². The molecule has 0 amide bonds. The highest BCUT2D eigenvalue weighted by molar-refractivity contribution is 5.83. The van der Waals surface area contributed by atoms with E-state index in [4.69, 9.17) is 9.73 Å². The molecule has 0 spiro atoms. The van der Waals surface area contributed by atoms with E-state index in [1.54, 1.807) is 7.11 Å². The lowest BCUT2D eigenvalue weighted by atomic mass is 10.0. The van der Waals surface area contributed by atoms with Crippen LogP contribution in [-0.2, 0) is 0 Å². The first-order chi connectivity index (χ1) is 10.4. The summed E-state index contributed by atoms with van der Waals surface area (Å²) in [6.45, 7) is 1.09. The van der Waals surface area contributed by atoms with Gasteiger partial charge in [0.15, 0.2) is 0 Å². The average molecular weight is 280 g/mol. The third-order valence-corrected chi connectivity index (χ3v) is 3.79. The number of ether oxygens (including phenoxy) is 1. The van der Waals surface area contributed by atoms with Crippen LogP contribution in [0.5, 0.6) is 5.75 Å². The summed E-state index contributed by atoms with van der Waals surface area (Å²) < 4.78 is 5.47. The highest BCUT2D eigenvalue weighted by atomic mass is 16.5. The van der Waals surface area contributed by atoms with Crippen LogP contribution in [0, 0.1) is 0 Å². The largest absolute Gasteiger partial charge is 0.496 e. The monoisotopic (exact) mass is 280 g/mol. The summed E-state index contributed by atoms with van der Waals surface area (Å²) in [5, 5.41) is 3.43. The first-order valence-corrected chi connectivity index (χ1v) is 7.38. The molecule has 1 aliphatic rings. The second-order valence-electron chi connectivity index (χ2n) is 5.20. The van der Waals surface area contributed by atoms with E-state index in [0.29, 0.717) is 6.04 Å². The van der Waals surface area contributed by atoms with Crippen LogP contribution in [0.4, 0.5) is 5.69 Å². The third-order valence-electron chi connectivity index (χ3n) is 3.79. The number of rotatable bonds is 4. The van der Waals surface area contributed by atoms with Crippen LogP contribution in [0.25, 0.3) is 11.1 Å². The van der Waals surface area contributed by atoms with E-state index in [0.717, 1.165) is 29.1 Å². The van der Waals surface area contributed by atoms with Crippen molar-refractivity contribution in [3.05, 3.63) is 48.5 Å². The second kappa shape index (κ2) is 6.55. The highest BCUT2D eigenvalue weighted by Crippen LogP contribution is 2.35. The van der Waals surface area contributed by atoms with E-state index in [9.17, 15) is 0 Å². The first kappa shape index (κ1) is 13.8. The van der Waals surface area contributed by atoms with Gasteiger partial charge in [0.25, 0.3) is 0 Å². The molecular formula is C18H20N2O. The fourth-order valence-corrected chi connectivity index (χ4v) is 2.69. The minimum Gasteiger partial charge on any atom is -0.496 e. The highest BCUT2D eigenvalue weighted by Gasteiger charge is 2.12. The Hall–Kier alpha value is -2.13. The summed E-state index contributed by atoms with van der Waals surface area (Å²) >= 11 is 0. The quantitative estimate of drug-likeness (QED) is 0.864. The second-order valence-corrected chi connectivity index (χ2v) is 5.20. The van der Waals surface area contributed by atoms with E-state index >= 15 is 0 Å². The molecule has 1 saturated heterocycles. The van der Waals surface area contributed by atoms with Gasteiger partial charge in [-0.05, 0) is 31.5 Å². The summed E-state index contributed by atoms with van der Waals surface area (Å²) in [6, 6.07) is 16.7. The van der Waals surface area contributed by atoms with Crippen LogP contribution in [0.2, 0.25) is 0 Å². The number of para-hydroxylation sites is 2. The predicted molar refractivity (Wildman–Crippen MR) is 87.6 cm³/mol. The third kappa shape index (κ3) is 3.14. The summed E-state index contributed by atoms with van der Waals surface area (Å²) in [6.07, 6.45) is 4.42. The normalized spacial score (nSPS) is 18.2. The zero-order valence-electron chi connectivity index (χ0n) is 12.3. The fraction of sp³-hybridized carbons (Fsp3) is 0.278. The van der Waals surface area contributed by atoms with Crippen molar-refractivity contribution >= 4 is 11.9 Å². The fourth-order valence-electron chi connectivity index (χ4n) is 2.69. The Bertz CT molecular complexity index is 631. The van der Waals surface area contributed by atoms with E-state index in [1.165, 1.54) is 12.8 Å². The molecule has 0 aromatic heterocycles. The molecule has 2 aromatic rings. The zero-order chi connectivity index (χ0) is 14.5. The van der Waals surface area contributed by atoms with Gasteiger partial charge < -0.3 is 10.1 Å². The Balaban J connectivity index is 1.95. The molecule has 1 aliphatic heterocycles. The van der Waals surface area contributed by atoms with Gasteiger partial charge in [-0.2, -0.15) is 0 Å². The number of methoxy groups -OCH3 is 1. The Labute approximate surface area is 125 Å². The standard InChI is InChI=1S/C18H20N2O/c1-21-18-11-5-3-9-16(18)15-8-2-4-10-17(15)20-13-14-7-6-12-19-14/h2-5,8-11,13-14,19H,6-7,12H2,1H3. The summed E-state index contributed by atoms with van der Waals surface area (Å²) in [7, 11) is 1.70. The maximum atomic E-state index is 5.47. The van der Waals surface area contributed by atoms with Crippen molar-refractivity contribution < 1.29 is 4.74 Å². The van der Waals surface area contributed by atoms with E-state index < -0.39 is 0 Å². The number of hydrogen-bond acceptors (Lipinski definition) is 3. The van der Waals surface area contributed by atoms with Crippen molar-refractivity contribution in [2.24, 2.45) is 4.99 Å². The Kier molecular flexibility index (Phi) is 4.31. The molecule has 0 saturated carbocycles. The number of hydrogen-bond donors (Lipinski definition) is 1. The predicted octanol–water partition coefficient (Wildman–Crippen LogP) is 3.82. The van der Waals surface area contributed by atoms with Gasteiger partial charge >= 0.3 is 0 Å². The Morgan fingerprint density at radius 3 is 2.62 bits per heavy atom. The molecule has 2 aromatic carbocycles. The molecule has 1 N–H and O–H groups in total. The number of aliphatic imine (C=N–C) groups is 1. The van der Waals surface area contributed by atoms with Crippen molar-refractivity contribution in [1.82, 2.24) is 5.32 Å². The van der Waals surface area contributed by atoms with Gasteiger partial charge in [0.1, 0.15) is 5.75 Å². The molecule has 0 bridgehead atoms. The van der Waals surface area contributed by atoms with E-state index in [1.807, 2.05) is 42.6 Å². The number of nitrogens with one attached hydrogen (secondary N) is 1. The summed E-state index contributed by atoms with van der Waals surface area (Å²) in [5.41, 5.74) is 3.16. The van der Waals surface area contributed by atoms with E-state index in [-0.39, 0.29) is 0 Å². The molecule has 3 rings (SSSR count). The first-order valence-electron chi connectivity index (χ1n) is 7.38. The number of benzene rings is 2. The van der Waals surface area contributed by atoms with Crippen molar-refractivity contribution in [1.29, 1.82) is 0 Å². The summed E-state index contributed by atoms with van der Waals surface area (Å²) in [5.74, 6) is 0.874. The maximum Gasteiger partial charge on any atom is 0.126 e. The Morgan fingerprint density at radius 1 is 1.10 bits per heavy atom. The summed E-state index contributed by atoms with van der Waals surface area (Å²) in [4.78, 5) is 4.70.